The predicted octanol–water partition coefficient (Wildman–Crippen LogP) is 8.05. The van der Waals surface area contributed by atoms with Crippen molar-refractivity contribution in [3.05, 3.63) is 100 Å². The van der Waals surface area contributed by atoms with Crippen molar-refractivity contribution in [1.29, 1.82) is 0 Å². The van der Waals surface area contributed by atoms with Gasteiger partial charge in [-0.25, -0.2) is 4.39 Å². The molecule has 0 bridgehead atoms. The van der Waals surface area contributed by atoms with E-state index < -0.39 is 24.0 Å². The quantitative estimate of drug-likeness (QED) is 0.136. The van der Waals surface area contributed by atoms with Gasteiger partial charge in [-0.15, -0.1) is 0 Å². The number of Topliss-reactive ketones (excluding diaryl/α,β-unsaturated/α-hetero) is 1. The Labute approximate surface area is 255 Å². The lowest BCUT2D eigenvalue weighted by Crippen LogP contribution is -2.25. The normalized spacial score (nSPS) is 11.9. The Morgan fingerprint density at radius 2 is 1.60 bits per heavy atom. The molecule has 0 aliphatic rings. The number of aryl methyl sites for hydroxylation is 2. The van der Waals surface area contributed by atoms with Gasteiger partial charge in [0.1, 0.15) is 18.4 Å². The Kier molecular flexibility index (Phi) is 16.9. The lowest BCUT2D eigenvalue weighted by molar-refractivity contribution is -0.121. The molecule has 0 saturated heterocycles. The van der Waals surface area contributed by atoms with Crippen molar-refractivity contribution in [2.75, 3.05) is 27.6 Å². The molecule has 0 spiro atoms. The fourth-order valence-corrected chi connectivity index (χ4v) is 3.95. The molecule has 0 radical (unpaired) electrons. The molecule has 0 aliphatic carbocycles. The number of carbonyl (C=O) groups is 1. The predicted molar refractivity (Wildman–Crippen MR) is 166 cm³/mol. The maximum atomic E-state index is 13.9. The van der Waals surface area contributed by atoms with Gasteiger partial charge in [0.2, 0.25) is 0 Å². The van der Waals surface area contributed by atoms with Gasteiger partial charge in [0.05, 0.1) is 18.2 Å². The average molecular weight is 608 g/mol. The Bertz CT molecular complexity index is 1330. The van der Waals surface area contributed by atoms with E-state index in [1.807, 2.05) is 75.2 Å². The summed E-state index contributed by atoms with van der Waals surface area (Å²) >= 11 is 0. The van der Waals surface area contributed by atoms with E-state index in [2.05, 4.69) is 9.47 Å². The van der Waals surface area contributed by atoms with Crippen LogP contribution in [-0.4, -0.2) is 39.6 Å². The summed E-state index contributed by atoms with van der Waals surface area (Å²) in [5.41, 5.74) is 8.93. The third-order valence-electron chi connectivity index (χ3n) is 6.07. The fraction of sp³-hybridized carbons (Fsp3) is 0.382. The van der Waals surface area contributed by atoms with Gasteiger partial charge in [-0.3, -0.25) is 4.79 Å². The summed E-state index contributed by atoms with van der Waals surface area (Å²) in [6.07, 6.45) is -3.76. The fourth-order valence-electron chi connectivity index (χ4n) is 3.95. The lowest BCUT2D eigenvalue weighted by Gasteiger charge is -2.19. The molecule has 0 saturated carbocycles. The molecule has 5 nitrogen and oxygen atoms in total. The van der Waals surface area contributed by atoms with Crippen molar-refractivity contribution >= 4 is 5.78 Å². The molecule has 0 heterocycles. The van der Waals surface area contributed by atoms with Crippen molar-refractivity contribution in [3.63, 3.8) is 0 Å². The van der Waals surface area contributed by atoms with E-state index in [0.29, 0.717) is 37.6 Å². The minimum Gasteiger partial charge on any atom is -0.494 e. The SMILES string of the molecule is CC.CCOc1cc(C(C)C(=O)[C@@H](N)c2ccccc2)ccc1CCc1ccc(F)c(C#CC(F)(F)F)c1.COCOC.[HH].[HH]. The molecule has 2 atom stereocenters. The Balaban J connectivity index is 0. The maximum Gasteiger partial charge on any atom is 0.458 e. The topological polar surface area (TPSA) is 70.8 Å². The van der Waals surface area contributed by atoms with E-state index in [1.165, 1.54) is 12.1 Å². The van der Waals surface area contributed by atoms with Crippen LogP contribution in [0.4, 0.5) is 17.6 Å². The monoisotopic (exact) mass is 607 g/mol. The zero-order valence-corrected chi connectivity index (χ0v) is 25.6. The molecule has 2 N–H and O–H groups in total. The molecular formula is C34H45F4NO4. The molecule has 1 unspecified atom stereocenters. The number of alkyl halides is 3. The molecule has 3 aromatic rings. The van der Waals surface area contributed by atoms with Gasteiger partial charge >= 0.3 is 6.18 Å². The zero-order valence-electron chi connectivity index (χ0n) is 25.6. The zero-order chi connectivity index (χ0) is 32.4. The highest BCUT2D eigenvalue weighted by molar-refractivity contribution is 5.91. The number of benzene rings is 3. The van der Waals surface area contributed by atoms with Crippen molar-refractivity contribution in [1.82, 2.24) is 0 Å². The molecule has 3 aromatic carbocycles. The van der Waals surface area contributed by atoms with Gasteiger partial charge in [0.15, 0.2) is 5.78 Å². The van der Waals surface area contributed by atoms with E-state index in [-0.39, 0.29) is 14.2 Å². The van der Waals surface area contributed by atoms with E-state index >= 15 is 0 Å². The third-order valence-corrected chi connectivity index (χ3v) is 6.07. The van der Waals surface area contributed by atoms with E-state index in [4.69, 9.17) is 10.5 Å². The van der Waals surface area contributed by atoms with Gasteiger partial charge in [0, 0.05) is 28.9 Å². The van der Waals surface area contributed by atoms with Gasteiger partial charge in [-0.05, 0) is 60.2 Å². The van der Waals surface area contributed by atoms with Crippen LogP contribution >= 0.6 is 0 Å². The second-order valence-corrected chi connectivity index (χ2v) is 9.07. The van der Waals surface area contributed by atoms with Gasteiger partial charge in [-0.2, -0.15) is 13.2 Å². The van der Waals surface area contributed by atoms with Crippen molar-refractivity contribution < 1.29 is 39.4 Å². The average Bonchev–Trinajstić information content (AvgIpc) is 3.01. The first kappa shape index (κ1) is 37.3. The third kappa shape index (κ3) is 13.0. The van der Waals surface area contributed by atoms with Crippen molar-refractivity contribution in [2.24, 2.45) is 5.73 Å². The number of nitrogens with two attached hydrogens (primary N) is 1. The van der Waals surface area contributed by atoms with Crippen LogP contribution in [0, 0.1) is 17.7 Å². The number of rotatable bonds is 11. The summed E-state index contributed by atoms with van der Waals surface area (Å²) in [5.74, 6) is 2.20. The molecule has 238 valence electrons. The van der Waals surface area contributed by atoms with Gasteiger partial charge in [0.25, 0.3) is 0 Å². The number of methoxy groups -OCH3 is 2. The Morgan fingerprint density at radius 1 is 0.953 bits per heavy atom. The van der Waals surface area contributed by atoms with Crippen LogP contribution in [-0.2, 0) is 27.1 Å². The molecule has 0 fully saturated rings. The van der Waals surface area contributed by atoms with Crippen LogP contribution < -0.4 is 10.5 Å². The number of hydrogen-bond donors (Lipinski definition) is 1. The second kappa shape index (κ2) is 19.5. The smallest absolute Gasteiger partial charge is 0.458 e. The summed E-state index contributed by atoms with van der Waals surface area (Å²) < 4.78 is 65.8. The van der Waals surface area contributed by atoms with Gasteiger partial charge < -0.3 is 19.9 Å². The molecule has 3 rings (SSSR count). The highest BCUT2D eigenvalue weighted by Crippen LogP contribution is 2.29. The maximum absolute atomic E-state index is 13.9. The summed E-state index contributed by atoms with van der Waals surface area (Å²) in [6, 6.07) is 17.9. The summed E-state index contributed by atoms with van der Waals surface area (Å²) in [4.78, 5) is 13.0. The summed E-state index contributed by atoms with van der Waals surface area (Å²) in [5, 5.41) is 0. The summed E-state index contributed by atoms with van der Waals surface area (Å²) in [6.45, 7) is 8.45. The highest BCUT2D eigenvalue weighted by Gasteiger charge is 2.24. The van der Waals surface area contributed by atoms with Crippen LogP contribution in [0.25, 0.3) is 0 Å². The first-order chi connectivity index (χ1) is 20.5. The van der Waals surface area contributed by atoms with E-state index in [9.17, 15) is 22.4 Å². The van der Waals surface area contributed by atoms with Crippen molar-refractivity contribution in [3.8, 4) is 17.6 Å². The summed E-state index contributed by atoms with van der Waals surface area (Å²) in [7, 11) is 3.17. The molecule has 0 aliphatic heterocycles. The molecule has 0 amide bonds. The molecule has 43 heavy (non-hydrogen) atoms. The van der Waals surface area contributed by atoms with Crippen LogP contribution in [0.3, 0.4) is 0 Å². The van der Waals surface area contributed by atoms with Crippen LogP contribution in [0.15, 0.2) is 66.7 Å². The number of ether oxygens (including phenoxy) is 3. The largest absolute Gasteiger partial charge is 0.494 e. The first-order valence-corrected chi connectivity index (χ1v) is 14.0. The van der Waals surface area contributed by atoms with E-state index in [1.54, 1.807) is 21.1 Å². The minimum atomic E-state index is -4.69. The number of halogens is 4. The lowest BCUT2D eigenvalue weighted by atomic mass is 9.88. The van der Waals surface area contributed by atoms with Crippen LogP contribution in [0.1, 0.15) is 70.3 Å². The molecular weight excluding hydrogens is 562 g/mol. The standard InChI is InChI=1S/C29H27F4NO2.C3H8O2.C2H6.2H2/c1-3-36-26-18-23(19(2)28(35)27(34)22-7-5-4-6-8-22)13-12-21(26)11-9-20-10-14-25(30)24(17-20)15-16-29(31,32)33;1-4-3-5-2;1-2;;/h4-8,10,12-14,17-19,27H,3,9,11,34H2,1-2H3;3H2,1-2H3;1-2H3;2*1H/t19?,27-;;;;/m0..../s1. The second-order valence-electron chi connectivity index (χ2n) is 9.07. The molecule has 0 aromatic heterocycles. The molecule has 9 heteroatoms. The highest BCUT2D eigenvalue weighted by atomic mass is 19.4. The van der Waals surface area contributed by atoms with Crippen LogP contribution in [0.5, 0.6) is 5.75 Å². The minimum absolute atomic E-state index is 0. The van der Waals surface area contributed by atoms with E-state index in [0.717, 1.165) is 28.7 Å². The number of hydrogen-bond acceptors (Lipinski definition) is 5. The van der Waals surface area contributed by atoms with Crippen LogP contribution in [0.2, 0.25) is 0 Å². The number of ketones is 1. The Morgan fingerprint density at radius 3 is 2.16 bits per heavy atom. The van der Waals surface area contributed by atoms with Crippen molar-refractivity contribution in [2.45, 2.75) is 58.7 Å². The van der Waals surface area contributed by atoms with Gasteiger partial charge in [-0.1, -0.05) is 75.2 Å². The Hall–Kier alpha value is -3.71. The first-order valence-electron chi connectivity index (χ1n) is 14.0. The number of carbonyl (C=O) groups excluding carboxylic acids is 1.